The molecule has 2 N–H and O–H groups in total. The molecule has 5 heteroatoms. The van der Waals surface area contributed by atoms with E-state index in [4.69, 9.17) is 5.73 Å². The highest BCUT2D eigenvalue weighted by molar-refractivity contribution is 5.55. The molecular weight excluding hydrogens is 226 g/mol. The minimum Gasteiger partial charge on any atom is -0.320 e. The van der Waals surface area contributed by atoms with Gasteiger partial charge >= 0.3 is 0 Å². The lowest BCUT2D eigenvalue weighted by molar-refractivity contribution is 0.860. The SMILES string of the molecule is Cc1ccncc1C(N)c1cnn2ccncc12. The van der Waals surface area contributed by atoms with Crippen LogP contribution in [-0.2, 0) is 0 Å². The fraction of sp³-hybridized carbons (Fsp3) is 0.154. The predicted molar refractivity (Wildman–Crippen MR) is 68.0 cm³/mol. The monoisotopic (exact) mass is 239 g/mol. The number of rotatable bonds is 2. The molecule has 3 heterocycles. The Morgan fingerprint density at radius 3 is 2.78 bits per heavy atom. The van der Waals surface area contributed by atoms with Crippen LogP contribution in [0.4, 0.5) is 0 Å². The summed E-state index contributed by atoms with van der Waals surface area (Å²) >= 11 is 0. The molecule has 0 bridgehead atoms. The largest absolute Gasteiger partial charge is 0.320 e. The Morgan fingerprint density at radius 1 is 1.11 bits per heavy atom. The number of fused-ring (bicyclic) bond motifs is 1. The van der Waals surface area contributed by atoms with E-state index in [1.54, 1.807) is 35.5 Å². The van der Waals surface area contributed by atoms with Gasteiger partial charge in [0.2, 0.25) is 0 Å². The zero-order valence-electron chi connectivity index (χ0n) is 9.99. The van der Waals surface area contributed by atoms with Crippen molar-refractivity contribution in [1.82, 2.24) is 19.6 Å². The van der Waals surface area contributed by atoms with E-state index in [1.165, 1.54) is 0 Å². The van der Waals surface area contributed by atoms with Crippen molar-refractivity contribution in [3.63, 3.8) is 0 Å². The second-order valence-electron chi connectivity index (χ2n) is 4.22. The van der Waals surface area contributed by atoms with Gasteiger partial charge < -0.3 is 5.73 Å². The first kappa shape index (κ1) is 10.9. The van der Waals surface area contributed by atoms with E-state index in [1.807, 2.05) is 19.2 Å². The Labute approximate surface area is 104 Å². The standard InChI is InChI=1S/C13H13N5/c1-9-2-3-15-6-10(9)13(14)11-7-17-18-5-4-16-8-12(11)18/h2-8,13H,14H2,1H3. The van der Waals surface area contributed by atoms with Crippen molar-refractivity contribution >= 4 is 5.52 Å². The molecule has 3 aromatic rings. The first-order valence-electron chi connectivity index (χ1n) is 5.70. The van der Waals surface area contributed by atoms with Crippen molar-refractivity contribution in [2.75, 3.05) is 0 Å². The lowest BCUT2D eigenvalue weighted by atomic mass is 9.99. The van der Waals surface area contributed by atoms with E-state index < -0.39 is 0 Å². The van der Waals surface area contributed by atoms with Crippen molar-refractivity contribution in [2.45, 2.75) is 13.0 Å². The lowest BCUT2D eigenvalue weighted by Crippen LogP contribution is -2.13. The highest BCUT2D eigenvalue weighted by atomic mass is 15.2. The van der Waals surface area contributed by atoms with Gasteiger partial charge in [-0.25, -0.2) is 4.52 Å². The number of pyridine rings is 1. The Kier molecular flexibility index (Phi) is 2.53. The second kappa shape index (κ2) is 4.19. The van der Waals surface area contributed by atoms with Crippen LogP contribution in [-0.4, -0.2) is 19.6 Å². The van der Waals surface area contributed by atoms with Crippen LogP contribution in [0.5, 0.6) is 0 Å². The van der Waals surface area contributed by atoms with E-state index in [-0.39, 0.29) is 6.04 Å². The molecule has 0 aromatic carbocycles. The normalized spacial score (nSPS) is 12.8. The summed E-state index contributed by atoms with van der Waals surface area (Å²) in [6, 6.07) is 1.72. The third-order valence-corrected chi connectivity index (χ3v) is 3.10. The second-order valence-corrected chi connectivity index (χ2v) is 4.22. The lowest BCUT2D eigenvalue weighted by Gasteiger charge is -2.12. The topological polar surface area (TPSA) is 69.1 Å². The summed E-state index contributed by atoms with van der Waals surface area (Å²) in [4.78, 5) is 8.25. The first-order chi connectivity index (χ1) is 8.77. The maximum Gasteiger partial charge on any atom is 0.0896 e. The fourth-order valence-corrected chi connectivity index (χ4v) is 2.06. The first-order valence-corrected chi connectivity index (χ1v) is 5.70. The molecule has 0 spiro atoms. The summed E-state index contributed by atoms with van der Waals surface area (Å²) in [5.41, 5.74) is 10.3. The van der Waals surface area contributed by atoms with Gasteiger partial charge in [-0.3, -0.25) is 9.97 Å². The molecule has 0 aliphatic carbocycles. The van der Waals surface area contributed by atoms with Crippen molar-refractivity contribution in [3.8, 4) is 0 Å². The fourth-order valence-electron chi connectivity index (χ4n) is 2.06. The van der Waals surface area contributed by atoms with Gasteiger partial charge in [0.25, 0.3) is 0 Å². The Balaban J connectivity index is 2.13. The summed E-state index contributed by atoms with van der Waals surface area (Å²) in [6.45, 7) is 2.03. The van der Waals surface area contributed by atoms with E-state index >= 15 is 0 Å². The summed E-state index contributed by atoms with van der Waals surface area (Å²) in [7, 11) is 0. The minimum absolute atomic E-state index is 0.236. The van der Waals surface area contributed by atoms with Gasteiger partial charge in [-0.15, -0.1) is 0 Å². The zero-order valence-corrected chi connectivity index (χ0v) is 9.99. The molecule has 90 valence electrons. The van der Waals surface area contributed by atoms with Gasteiger partial charge in [-0.05, 0) is 24.1 Å². The van der Waals surface area contributed by atoms with Crippen LogP contribution in [0.15, 0.2) is 43.2 Å². The van der Waals surface area contributed by atoms with Crippen LogP contribution in [0, 0.1) is 6.92 Å². The van der Waals surface area contributed by atoms with Crippen LogP contribution >= 0.6 is 0 Å². The number of aromatic nitrogens is 4. The van der Waals surface area contributed by atoms with Gasteiger partial charge in [0.15, 0.2) is 0 Å². The highest BCUT2D eigenvalue weighted by Gasteiger charge is 2.16. The van der Waals surface area contributed by atoms with Crippen molar-refractivity contribution < 1.29 is 0 Å². The van der Waals surface area contributed by atoms with Gasteiger partial charge in [-0.1, -0.05) is 0 Å². The molecule has 1 unspecified atom stereocenters. The quantitative estimate of drug-likeness (QED) is 0.735. The number of nitrogens with zero attached hydrogens (tertiary/aromatic N) is 4. The molecule has 0 radical (unpaired) electrons. The van der Waals surface area contributed by atoms with Crippen LogP contribution in [0.25, 0.3) is 5.52 Å². The third kappa shape index (κ3) is 1.65. The van der Waals surface area contributed by atoms with E-state index in [0.29, 0.717) is 0 Å². The van der Waals surface area contributed by atoms with E-state index in [0.717, 1.165) is 22.2 Å². The predicted octanol–water partition coefficient (Wildman–Crippen LogP) is 1.48. The van der Waals surface area contributed by atoms with Gasteiger partial charge in [0.05, 0.1) is 24.0 Å². The molecule has 0 saturated heterocycles. The zero-order chi connectivity index (χ0) is 12.5. The number of hydrogen-bond acceptors (Lipinski definition) is 4. The van der Waals surface area contributed by atoms with Gasteiger partial charge in [0.1, 0.15) is 0 Å². The maximum absolute atomic E-state index is 6.31. The molecule has 0 amide bonds. The average Bonchev–Trinajstić information content (AvgIpc) is 2.82. The molecule has 0 aliphatic heterocycles. The minimum atomic E-state index is -0.236. The summed E-state index contributed by atoms with van der Waals surface area (Å²) in [6.07, 6.45) is 10.6. The van der Waals surface area contributed by atoms with Crippen LogP contribution in [0.2, 0.25) is 0 Å². The van der Waals surface area contributed by atoms with Gasteiger partial charge in [0, 0.05) is 30.4 Å². The number of nitrogens with two attached hydrogens (primary N) is 1. The van der Waals surface area contributed by atoms with Crippen LogP contribution in [0.3, 0.4) is 0 Å². The maximum atomic E-state index is 6.31. The molecule has 3 rings (SSSR count). The van der Waals surface area contributed by atoms with Crippen molar-refractivity contribution in [1.29, 1.82) is 0 Å². The number of aryl methyl sites for hydroxylation is 1. The number of hydrogen-bond donors (Lipinski definition) is 1. The molecule has 0 aliphatic rings. The molecule has 0 saturated carbocycles. The molecular formula is C13H13N5. The van der Waals surface area contributed by atoms with Gasteiger partial charge in [-0.2, -0.15) is 5.10 Å². The Bertz CT molecular complexity index is 688. The Morgan fingerprint density at radius 2 is 1.94 bits per heavy atom. The third-order valence-electron chi connectivity index (χ3n) is 3.10. The molecule has 1 atom stereocenters. The average molecular weight is 239 g/mol. The van der Waals surface area contributed by atoms with Crippen LogP contribution in [0.1, 0.15) is 22.7 Å². The molecule has 18 heavy (non-hydrogen) atoms. The van der Waals surface area contributed by atoms with E-state index in [2.05, 4.69) is 15.1 Å². The van der Waals surface area contributed by atoms with Crippen molar-refractivity contribution in [2.24, 2.45) is 5.73 Å². The Hall–Kier alpha value is -2.27. The highest BCUT2D eigenvalue weighted by Crippen LogP contribution is 2.24. The van der Waals surface area contributed by atoms with Crippen LogP contribution < -0.4 is 5.73 Å². The molecule has 3 aromatic heterocycles. The summed E-state index contributed by atoms with van der Waals surface area (Å²) < 4.78 is 1.77. The smallest absolute Gasteiger partial charge is 0.0896 e. The summed E-state index contributed by atoms with van der Waals surface area (Å²) in [5.74, 6) is 0. The molecule has 5 nitrogen and oxygen atoms in total. The molecule has 0 fully saturated rings. The van der Waals surface area contributed by atoms with E-state index in [9.17, 15) is 0 Å². The summed E-state index contributed by atoms with van der Waals surface area (Å²) in [5, 5.41) is 4.27. The van der Waals surface area contributed by atoms with Crippen molar-refractivity contribution in [3.05, 3.63) is 59.9 Å².